The van der Waals surface area contributed by atoms with Crippen molar-refractivity contribution in [2.45, 2.75) is 5.92 Å². The summed E-state index contributed by atoms with van der Waals surface area (Å²) in [7, 11) is 0. The molecule has 0 radical (unpaired) electrons. The number of carboxylic acid groups (broad SMARTS) is 1. The molecular weight excluding hydrogens is 276 g/mol. The summed E-state index contributed by atoms with van der Waals surface area (Å²) in [6, 6.07) is 7.22. The zero-order valence-electron chi connectivity index (χ0n) is 11.0. The van der Waals surface area contributed by atoms with E-state index in [1.165, 1.54) is 0 Å². The maximum atomic E-state index is 12.6. The second kappa shape index (κ2) is 5.36. The largest absolute Gasteiger partial charge is 0.481 e. The molecule has 1 atom stereocenters. The van der Waals surface area contributed by atoms with Gasteiger partial charge < -0.3 is 10.0 Å². The Labute approximate surface area is 121 Å². The van der Waals surface area contributed by atoms with Gasteiger partial charge in [0.1, 0.15) is 5.92 Å². The third kappa shape index (κ3) is 2.24. The molecule has 20 heavy (non-hydrogen) atoms. The van der Waals surface area contributed by atoms with Crippen LogP contribution >= 0.6 is 11.8 Å². The topological polar surface area (TPSA) is 60.9 Å². The van der Waals surface area contributed by atoms with Crippen LogP contribution in [0.3, 0.4) is 0 Å². The van der Waals surface area contributed by atoms with Crippen molar-refractivity contribution in [3.05, 3.63) is 29.8 Å². The van der Waals surface area contributed by atoms with Crippen LogP contribution in [0.15, 0.2) is 24.3 Å². The Balaban J connectivity index is 1.87. The van der Waals surface area contributed by atoms with Crippen LogP contribution in [0.4, 0.5) is 10.5 Å². The maximum Gasteiger partial charge on any atom is 0.324 e. The van der Waals surface area contributed by atoms with Gasteiger partial charge in [0.05, 0.1) is 0 Å². The van der Waals surface area contributed by atoms with E-state index in [9.17, 15) is 14.7 Å². The number of carbonyl (C=O) groups is 2. The lowest BCUT2D eigenvalue weighted by Crippen LogP contribution is -2.46. The highest BCUT2D eigenvalue weighted by atomic mass is 32.2. The van der Waals surface area contributed by atoms with Gasteiger partial charge in [-0.3, -0.25) is 9.69 Å². The maximum absolute atomic E-state index is 12.6. The second-order valence-electron chi connectivity index (χ2n) is 4.94. The lowest BCUT2D eigenvalue weighted by Gasteiger charge is -2.31. The van der Waals surface area contributed by atoms with Gasteiger partial charge in [-0.05, 0) is 11.6 Å². The van der Waals surface area contributed by atoms with Crippen LogP contribution < -0.4 is 4.90 Å². The first-order chi connectivity index (χ1) is 9.68. The van der Waals surface area contributed by atoms with Crippen molar-refractivity contribution in [1.29, 1.82) is 0 Å². The molecule has 2 amide bonds. The van der Waals surface area contributed by atoms with Gasteiger partial charge >= 0.3 is 12.0 Å². The molecule has 2 aliphatic rings. The summed E-state index contributed by atoms with van der Waals surface area (Å²) in [6.45, 7) is 1.71. The van der Waals surface area contributed by atoms with E-state index in [0.29, 0.717) is 0 Å². The van der Waals surface area contributed by atoms with E-state index in [1.807, 2.05) is 34.9 Å². The summed E-state index contributed by atoms with van der Waals surface area (Å²) in [4.78, 5) is 27.4. The molecule has 1 saturated heterocycles. The van der Waals surface area contributed by atoms with E-state index >= 15 is 0 Å². The van der Waals surface area contributed by atoms with Crippen LogP contribution in [-0.2, 0) is 4.79 Å². The van der Waals surface area contributed by atoms with Crippen LogP contribution in [0, 0.1) is 0 Å². The van der Waals surface area contributed by atoms with E-state index in [-0.39, 0.29) is 12.6 Å². The SMILES string of the molecule is O=C(O)C1CN(C(=O)N2CCSCC2)c2ccccc21. The van der Waals surface area contributed by atoms with Crippen molar-refractivity contribution in [3.8, 4) is 0 Å². The van der Waals surface area contributed by atoms with Crippen LogP contribution in [0.1, 0.15) is 11.5 Å². The second-order valence-corrected chi connectivity index (χ2v) is 6.17. The molecule has 1 fully saturated rings. The van der Waals surface area contributed by atoms with Gasteiger partial charge in [-0.15, -0.1) is 0 Å². The Kier molecular flexibility index (Phi) is 3.56. The molecule has 1 N–H and O–H groups in total. The first-order valence-electron chi connectivity index (χ1n) is 6.64. The minimum absolute atomic E-state index is 0.0681. The van der Waals surface area contributed by atoms with Crippen LogP contribution in [0.25, 0.3) is 0 Å². The van der Waals surface area contributed by atoms with E-state index < -0.39 is 11.9 Å². The van der Waals surface area contributed by atoms with Gasteiger partial charge in [0, 0.05) is 36.8 Å². The van der Waals surface area contributed by atoms with Gasteiger partial charge in [-0.2, -0.15) is 11.8 Å². The predicted octanol–water partition coefficient (Wildman–Crippen LogP) is 1.84. The number of carboxylic acids is 1. The Bertz CT molecular complexity index is 543. The number of para-hydroxylation sites is 1. The quantitative estimate of drug-likeness (QED) is 0.858. The molecule has 1 aromatic carbocycles. The van der Waals surface area contributed by atoms with Crippen molar-refractivity contribution in [2.24, 2.45) is 0 Å². The van der Waals surface area contributed by atoms with E-state index in [4.69, 9.17) is 0 Å². The number of hydrogen-bond acceptors (Lipinski definition) is 3. The fourth-order valence-electron chi connectivity index (χ4n) is 2.72. The molecular formula is C14H16N2O3S. The highest BCUT2D eigenvalue weighted by Crippen LogP contribution is 2.37. The molecule has 0 saturated carbocycles. The van der Waals surface area contributed by atoms with Crippen molar-refractivity contribution in [2.75, 3.05) is 36.0 Å². The standard InChI is InChI=1S/C14H16N2O3S/c17-13(18)11-9-16(12-4-2-1-3-10(11)12)14(19)15-5-7-20-8-6-15/h1-4,11H,5-9H2,(H,17,18). The molecule has 3 rings (SSSR count). The number of benzene rings is 1. The average molecular weight is 292 g/mol. The Hall–Kier alpha value is -1.69. The monoisotopic (exact) mass is 292 g/mol. The Morgan fingerprint density at radius 1 is 1.20 bits per heavy atom. The lowest BCUT2D eigenvalue weighted by molar-refractivity contribution is -0.138. The van der Waals surface area contributed by atoms with Gasteiger partial charge in [-0.1, -0.05) is 18.2 Å². The van der Waals surface area contributed by atoms with Gasteiger partial charge in [0.2, 0.25) is 0 Å². The molecule has 106 valence electrons. The fraction of sp³-hybridized carbons (Fsp3) is 0.429. The number of rotatable bonds is 1. The highest BCUT2D eigenvalue weighted by molar-refractivity contribution is 7.99. The molecule has 1 aromatic rings. The molecule has 5 nitrogen and oxygen atoms in total. The molecule has 2 aliphatic heterocycles. The van der Waals surface area contributed by atoms with Crippen LogP contribution in [0.2, 0.25) is 0 Å². The molecule has 0 aliphatic carbocycles. The Morgan fingerprint density at radius 3 is 2.60 bits per heavy atom. The van der Waals surface area contributed by atoms with Gasteiger partial charge in [-0.25, -0.2) is 4.79 Å². The lowest BCUT2D eigenvalue weighted by atomic mass is 10.0. The summed E-state index contributed by atoms with van der Waals surface area (Å²) in [5.41, 5.74) is 1.47. The van der Waals surface area contributed by atoms with E-state index in [2.05, 4.69) is 0 Å². The van der Waals surface area contributed by atoms with Crippen molar-refractivity contribution >= 4 is 29.4 Å². The molecule has 0 aromatic heterocycles. The first-order valence-corrected chi connectivity index (χ1v) is 7.80. The third-order valence-electron chi connectivity index (χ3n) is 3.78. The zero-order chi connectivity index (χ0) is 14.1. The van der Waals surface area contributed by atoms with Crippen molar-refractivity contribution < 1.29 is 14.7 Å². The normalized spacial score (nSPS) is 21.7. The number of hydrogen-bond donors (Lipinski definition) is 1. The number of aliphatic carboxylic acids is 1. The number of amides is 2. The van der Waals surface area contributed by atoms with E-state index in [1.54, 1.807) is 11.0 Å². The zero-order valence-corrected chi connectivity index (χ0v) is 11.8. The predicted molar refractivity (Wildman–Crippen MR) is 78.5 cm³/mol. The summed E-state index contributed by atoms with van der Waals surface area (Å²) in [6.07, 6.45) is 0. The molecule has 6 heteroatoms. The average Bonchev–Trinajstić information content (AvgIpc) is 2.87. The number of anilines is 1. The number of fused-ring (bicyclic) bond motifs is 1. The van der Waals surface area contributed by atoms with Crippen molar-refractivity contribution in [3.63, 3.8) is 0 Å². The Morgan fingerprint density at radius 2 is 1.90 bits per heavy atom. The first kappa shape index (κ1) is 13.3. The minimum Gasteiger partial charge on any atom is -0.481 e. The number of carbonyl (C=O) groups excluding carboxylic acids is 1. The van der Waals surface area contributed by atoms with Crippen molar-refractivity contribution in [1.82, 2.24) is 4.90 Å². The summed E-state index contributed by atoms with van der Waals surface area (Å²) >= 11 is 1.84. The smallest absolute Gasteiger partial charge is 0.324 e. The molecule has 0 spiro atoms. The third-order valence-corrected chi connectivity index (χ3v) is 4.72. The minimum atomic E-state index is -0.873. The van der Waals surface area contributed by atoms with E-state index in [0.717, 1.165) is 35.8 Å². The number of urea groups is 1. The molecule has 0 bridgehead atoms. The molecule has 1 unspecified atom stereocenters. The summed E-state index contributed by atoms with van der Waals surface area (Å²) in [5, 5.41) is 9.32. The van der Waals surface area contributed by atoms with Gasteiger partial charge in [0.25, 0.3) is 0 Å². The fourth-order valence-corrected chi connectivity index (χ4v) is 3.63. The number of nitrogens with zero attached hydrogens (tertiary/aromatic N) is 2. The van der Waals surface area contributed by atoms with Crippen LogP contribution in [-0.4, -0.2) is 53.1 Å². The summed E-state index contributed by atoms with van der Waals surface area (Å²) < 4.78 is 0. The van der Waals surface area contributed by atoms with Gasteiger partial charge in [0.15, 0.2) is 0 Å². The molecule has 2 heterocycles. The summed E-state index contributed by atoms with van der Waals surface area (Å²) in [5.74, 6) is 0.406. The van der Waals surface area contributed by atoms with Crippen LogP contribution in [0.5, 0.6) is 0 Å². The number of thioether (sulfide) groups is 1. The highest BCUT2D eigenvalue weighted by Gasteiger charge is 2.38.